The molecule has 0 fully saturated rings. The van der Waals surface area contributed by atoms with Gasteiger partial charge in [0.25, 0.3) is 0 Å². The summed E-state index contributed by atoms with van der Waals surface area (Å²) in [5, 5.41) is 12.3. The number of carbonyl (C=O) groups excluding carboxylic acids is 2. The lowest BCUT2D eigenvalue weighted by Gasteiger charge is -2.10. The zero-order chi connectivity index (χ0) is 17.4. The Balaban J connectivity index is 1.72. The number of benzene rings is 1. The maximum Gasteiger partial charge on any atom is 0.319 e. The van der Waals surface area contributed by atoms with Crippen molar-refractivity contribution >= 4 is 17.6 Å². The minimum atomic E-state index is -0.327. The predicted molar refractivity (Wildman–Crippen MR) is 92.7 cm³/mol. The molecule has 1 aromatic carbocycles. The van der Waals surface area contributed by atoms with Gasteiger partial charge < -0.3 is 16.0 Å². The minimum Gasteiger partial charge on any atom is -0.354 e. The van der Waals surface area contributed by atoms with Crippen molar-refractivity contribution in [3.8, 4) is 0 Å². The number of aromatic nitrogens is 2. The quantitative estimate of drug-likeness (QED) is 0.725. The first-order valence-corrected chi connectivity index (χ1v) is 7.93. The van der Waals surface area contributed by atoms with E-state index in [1.54, 1.807) is 6.20 Å². The van der Waals surface area contributed by atoms with Crippen LogP contribution in [0.4, 0.5) is 10.5 Å². The van der Waals surface area contributed by atoms with Crippen LogP contribution in [0, 0.1) is 0 Å². The topological polar surface area (TPSA) is 88.0 Å². The molecular weight excluding hydrogens is 306 g/mol. The molecule has 3 amide bonds. The number of hydrogen-bond donors (Lipinski definition) is 3. The van der Waals surface area contributed by atoms with Gasteiger partial charge in [0.05, 0.1) is 6.54 Å². The highest BCUT2D eigenvalue weighted by molar-refractivity contribution is 5.89. The fourth-order valence-corrected chi connectivity index (χ4v) is 2.13. The predicted octanol–water partition coefficient (Wildman–Crippen LogP) is 1.97. The maximum absolute atomic E-state index is 11.8. The van der Waals surface area contributed by atoms with Crippen LogP contribution in [0.2, 0.25) is 0 Å². The standard InChI is InChI=1S/C17H23N5O2/c1-13(2)20-16(23)8-10-18-17(24)21-15-6-4-14(5-7-15)12-22-11-3-9-19-22/h3-7,9,11,13H,8,10,12H2,1-2H3,(H,20,23)(H2,18,21,24). The zero-order valence-corrected chi connectivity index (χ0v) is 14.0. The first kappa shape index (κ1) is 17.5. The van der Waals surface area contributed by atoms with Gasteiger partial charge in [-0.15, -0.1) is 0 Å². The first-order chi connectivity index (χ1) is 11.5. The summed E-state index contributed by atoms with van der Waals surface area (Å²) in [7, 11) is 0. The molecule has 2 aromatic rings. The van der Waals surface area contributed by atoms with Crippen molar-refractivity contribution in [2.24, 2.45) is 0 Å². The second-order valence-corrected chi connectivity index (χ2v) is 5.75. The average molecular weight is 329 g/mol. The van der Waals surface area contributed by atoms with E-state index >= 15 is 0 Å². The fraction of sp³-hybridized carbons (Fsp3) is 0.353. The summed E-state index contributed by atoms with van der Waals surface area (Å²) in [6, 6.07) is 9.20. The Bertz CT molecular complexity index is 650. The highest BCUT2D eigenvalue weighted by Crippen LogP contribution is 2.10. The fourth-order valence-electron chi connectivity index (χ4n) is 2.13. The number of amides is 3. The summed E-state index contributed by atoms with van der Waals surface area (Å²) in [6.07, 6.45) is 3.89. The Hall–Kier alpha value is -2.83. The summed E-state index contributed by atoms with van der Waals surface area (Å²) in [4.78, 5) is 23.3. The molecule has 0 aliphatic carbocycles. The lowest BCUT2D eigenvalue weighted by Crippen LogP contribution is -2.35. The van der Waals surface area contributed by atoms with E-state index in [2.05, 4.69) is 21.0 Å². The van der Waals surface area contributed by atoms with E-state index in [0.717, 1.165) is 5.56 Å². The molecule has 1 heterocycles. The van der Waals surface area contributed by atoms with E-state index in [9.17, 15) is 9.59 Å². The number of hydrogen-bond acceptors (Lipinski definition) is 3. The Morgan fingerprint density at radius 1 is 1.21 bits per heavy atom. The number of urea groups is 1. The second-order valence-electron chi connectivity index (χ2n) is 5.75. The molecule has 0 saturated carbocycles. The van der Waals surface area contributed by atoms with Gasteiger partial charge in [-0.05, 0) is 37.6 Å². The smallest absolute Gasteiger partial charge is 0.319 e. The molecule has 0 atom stereocenters. The van der Waals surface area contributed by atoms with Crippen molar-refractivity contribution in [1.82, 2.24) is 20.4 Å². The van der Waals surface area contributed by atoms with E-state index < -0.39 is 0 Å². The number of rotatable bonds is 7. The molecule has 3 N–H and O–H groups in total. The molecular formula is C17H23N5O2. The molecule has 2 rings (SSSR count). The van der Waals surface area contributed by atoms with E-state index in [-0.39, 0.29) is 24.4 Å². The molecule has 24 heavy (non-hydrogen) atoms. The Labute approximate surface area is 141 Å². The Morgan fingerprint density at radius 2 is 1.96 bits per heavy atom. The van der Waals surface area contributed by atoms with E-state index in [4.69, 9.17) is 0 Å². The van der Waals surface area contributed by atoms with Crippen molar-refractivity contribution < 1.29 is 9.59 Å². The molecule has 0 bridgehead atoms. The molecule has 7 nitrogen and oxygen atoms in total. The molecule has 0 spiro atoms. The van der Waals surface area contributed by atoms with Crippen molar-refractivity contribution in [3.05, 3.63) is 48.3 Å². The molecule has 7 heteroatoms. The van der Waals surface area contributed by atoms with Crippen molar-refractivity contribution in [2.75, 3.05) is 11.9 Å². The Kier molecular flexibility index (Phi) is 6.36. The van der Waals surface area contributed by atoms with Crippen LogP contribution in [0.1, 0.15) is 25.8 Å². The third kappa shape index (κ3) is 6.12. The lowest BCUT2D eigenvalue weighted by molar-refractivity contribution is -0.121. The van der Waals surface area contributed by atoms with Crippen molar-refractivity contribution in [2.45, 2.75) is 32.9 Å². The van der Waals surface area contributed by atoms with Gasteiger partial charge in [0.2, 0.25) is 5.91 Å². The summed E-state index contributed by atoms with van der Waals surface area (Å²) in [5.41, 5.74) is 1.79. The van der Waals surface area contributed by atoms with Gasteiger partial charge >= 0.3 is 6.03 Å². The molecule has 0 aliphatic heterocycles. The van der Waals surface area contributed by atoms with Gasteiger partial charge in [-0.25, -0.2) is 4.79 Å². The van der Waals surface area contributed by atoms with Gasteiger partial charge in [-0.1, -0.05) is 12.1 Å². The van der Waals surface area contributed by atoms with Crippen LogP contribution < -0.4 is 16.0 Å². The summed E-state index contributed by atoms with van der Waals surface area (Å²) >= 11 is 0. The number of nitrogens with zero attached hydrogens (tertiary/aromatic N) is 2. The highest BCUT2D eigenvalue weighted by atomic mass is 16.2. The van der Waals surface area contributed by atoms with Crippen LogP contribution in [-0.4, -0.2) is 34.3 Å². The van der Waals surface area contributed by atoms with Crippen molar-refractivity contribution in [1.29, 1.82) is 0 Å². The maximum atomic E-state index is 11.8. The third-order valence-corrected chi connectivity index (χ3v) is 3.20. The minimum absolute atomic E-state index is 0.0757. The number of nitrogens with one attached hydrogen (secondary N) is 3. The van der Waals surface area contributed by atoms with Crippen LogP contribution in [0.3, 0.4) is 0 Å². The lowest BCUT2D eigenvalue weighted by atomic mass is 10.2. The van der Waals surface area contributed by atoms with E-state index in [1.165, 1.54) is 0 Å². The van der Waals surface area contributed by atoms with Gasteiger partial charge in [0, 0.05) is 37.1 Å². The van der Waals surface area contributed by atoms with Crippen LogP contribution in [0.15, 0.2) is 42.7 Å². The monoisotopic (exact) mass is 329 g/mol. The molecule has 128 valence electrons. The average Bonchev–Trinajstić information content (AvgIpc) is 3.01. The first-order valence-electron chi connectivity index (χ1n) is 7.93. The van der Waals surface area contributed by atoms with Gasteiger partial charge in [0.15, 0.2) is 0 Å². The molecule has 0 aliphatic rings. The van der Waals surface area contributed by atoms with E-state index in [0.29, 0.717) is 18.8 Å². The number of anilines is 1. The largest absolute Gasteiger partial charge is 0.354 e. The van der Waals surface area contributed by atoms with Crippen LogP contribution >= 0.6 is 0 Å². The third-order valence-electron chi connectivity index (χ3n) is 3.20. The number of carbonyl (C=O) groups is 2. The van der Waals surface area contributed by atoms with Gasteiger partial charge in [-0.3, -0.25) is 9.48 Å². The normalized spacial score (nSPS) is 10.5. The zero-order valence-electron chi connectivity index (χ0n) is 14.0. The van der Waals surface area contributed by atoms with Crippen molar-refractivity contribution in [3.63, 3.8) is 0 Å². The molecule has 1 aromatic heterocycles. The van der Waals surface area contributed by atoms with Gasteiger partial charge in [0.1, 0.15) is 0 Å². The van der Waals surface area contributed by atoms with Crippen LogP contribution in [0.25, 0.3) is 0 Å². The highest BCUT2D eigenvalue weighted by Gasteiger charge is 2.05. The summed E-state index contributed by atoms with van der Waals surface area (Å²) in [5.74, 6) is -0.0757. The molecule has 0 unspecified atom stereocenters. The van der Waals surface area contributed by atoms with E-state index in [1.807, 2.05) is 55.1 Å². The van der Waals surface area contributed by atoms with Crippen LogP contribution in [-0.2, 0) is 11.3 Å². The SMILES string of the molecule is CC(C)NC(=O)CCNC(=O)Nc1ccc(Cn2cccn2)cc1. The summed E-state index contributed by atoms with van der Waals surface area (Å²) in [6.45, 7) is 4.77. The molecule has 0 saturated heterocycles. The Morgan fingerprint density at radius 3 is 2.58 bits per heavy atom. The second kappa shape index (κ2) is 8.71. The van der Waals surface area contributed by atoms with Gasteiger partial charge in [-0.2, -0.15) is 5.10 Å². The molecule has 0 radical (unpaired) electrons. The van der Waals surface area contributed by atoms with Crippen LogP contribution in [0.5, 0.6) is 0 Å². The summed E-state index contributed by atoms with van der Waals surface area (Å²) < 4.78 is 1.83.